The zero-order valence-electron chi connectivity index (χ0n) is 13.8. The van der Waals surface area contributed by atoms with Crippen LogP contribution in [0.5, 0.6) is 0 Å². The number of ether oxygens (including phenoxy) is 1. The Hall–Kier alpha value is -0.810. The Bertz CT molecular complexity index is 329. The fourth-order valence-corrected chi connectivity index (χ4v) is 3.26. The highest BCUT2D eigenvalue weighted by Gasteiger charge is 2.25. The minimum Gasteiger partial charge on any atom is -0.381 e. The molecule has 2 heterocycles. The molecule has 5 heteroatoms. The lowest BCUT2D eigenvalue weighted by molar-refractivity contribution is 0.0586. The Balaban J connectivity index is 1.64. The second-order valence-electron chi connectivity index (χ2n) is 6.87. The van der Waals surface area contributed by atoms with Gasteiger partial charge in [-0.15, -0.1) is 0 Å². The van der Waals surface area contributed by atoms with E-state index in [-0.39, 0.29) is 6.03 Å². The van der Waals surface area contributed by atoms with Gasteiger partial charge in [0.1, 0.15) is 0 Å². The van der Waals surface area contributed by atoms with Crippen LogP contribution in [-0.4, -0.2) is 68.3 Å². The Morgan fingerprint density at radius 1 is 1.29 bits per heavy atom. The van der Waals surface area contributed by atoms with Gasteiger partial charge in [-0.3, -0.25) is 0 Å². The first kappa shape index (κ1) is 16.6. The summed E-state index contributed by atoms with van der Waals surface area (Å²) in [6.07, 6.45) is 3.34. The van der Waals surface area contributed by atoms with Crippen molar-refractivity contribution in [3.8, 4) is 0 Å². The van der Waals surface area contributed by atoms with Crippen LogP contribution in [0.3, 0.4) is 0 Å². The van der Waals surface area contributed by atoms with Gasteiger partial charge in [0.2, 0.25) is 0 Å². The summed E-state index contributed by atoms with van der Waals surface area (Å²) in [7, 11) is 1.90. The predicted octanol–water partition coefficient (Wildman–Crippen LogP) is 1.78. The zero-order chi connectivity index (χ0) is 15.2. The van der Waals surface area contributed by atoms with Gasteiger partial charge in [-0.2, -0.15) is 0 Å². The molecule has 1 N–H and O–H groups in total. The van der Waals surface area contributed by atoms with Crippen LogP contribution < -0.4 is 5.32 Å². The number of amides is 2. The first-order chi connectivity index (χ1) is 10.1. The first-order valence-electron chi connectivity index (χ1n) is 8.37. The summed E-state index contributed by atoms with van der Waals surface area (Å²) in [5.41, 5.74) is 0. The molecular formula is C16H31N3O2. The summed E-state index contributed by atoms with van der Waals surface area (Å²) >= 11 is 0. The van der Waals surface area contributed by atoms with Crippen LogP contribution in [0, 0.1) is 11.8 Å². The number of nitrogens with zero attached hydrogens (tertiary/aromatic N) is 2. The van der Waals surface area contributed by atoms with Gasteiger partial charge in [-0.05, 0) is 51.5 Å². The van der Waals surface area contributed by atoms with E-state index in [0.717, 1.165) is 52.2 Å². The van der Waals surface area contributed by atoms with Crippen molar-refractivity contribution in [1.82, 2.24) is 15.1 Å². The van der Waals surface area contributed by atoms with E-state index in [0.29, 0.717) is 17.9 Å². The lowest BCUT2D eigenvalue weighted by Gasteiger charge is -2.27. The molecule has 0 saturated carbocycles. The molecule has 0 aromatic carbocycles. The van der Waals surface area contributed by atoms with Crippen LogP contribution in [0.2, 0.25) is 0 Å². The van der Waals surface area contributed by atoms with Crippen molar-refractivity contribution >= 4 is 6.03 Å². The Labute approximate surface area is 129 Å². The Morgan fingerprint density at radius 3 is 2.62 bits per heavy atom. The number of rotatable bonds is 5. The van der Waals surface area contributed by atoms with Gasteiger partial charge in [0.05, 0.1) is 0 Å². The van der Waals surface area contributed by atoms with E-state index in [4.69, 9.17) is 4.74 Å². The molecule has 0 radical (unpaired) electrons. The lowest BCUT2D eigenvalue weighted by atomic mass is 10.00. The second kappa shape index (κ2) is 7.99. The monoisotopic (exact) mass is 297 g/mol. The highest BCUT2D eigenvalue weighted by molar-refractivity contribution is 5.73. The van der Waals surface area contributed by atoms with Gasteiger partial charge >= 0.3 is 6.03 Å². The molecule has 0 spiro atoms. The molecule has 21 heavy (non-hydrogen) atoms. The smallest absolute Gasteiger partial charge is 0.317 e. The molecule has 2 aliphatic heterocycles. The molecule has 0 bridgehead atoms. The van der Waals surface area contributed by atoms with Crippen LogP contribution in [0.1, 0.15) is 33.1 Å². The van der Waals surface area contributed by atoms with Gasteiger partial charge < -0.3 is 19.9 Å². The number of hydrogen-bond donors (Lipinski definition) is 1. The highest BCUT2D eigenvalue weighted by atomic mass is 16.5. The van der Waals surface area contributed by atoms with Crippen molar-refractivity contribution in [3.05, 3.63) is 0 Å². The predicted molar refractivity (Wildman–Crippen MR) is 84.4 cm³/mol. The average Bonchev–Trinajstić information content (AvgIpc) is 2.95. The maximum Gasteiger partial charge on any atom is 0.317 e. The summed E-state index contributed by atoms with van der Waals surface area (Å²) in [6, 6.07) is 0.686. The number of carbonyl (C=O) groups is 1. The Kier molecular flexibility index (Phi) is 6.30. The molecular weight excluding hydrogens is 266 g/mol. The van der Waals surface area contributed by atoms with Crippen molar-refractivity contribution in [2.75, 3.05) is 46.4 Å². The van der Waals surface area contributed by atoms with E-state index in [9.17, 15) is 4.79 Å². The maximum absolute atomic E-state index is 12.2. The van der Waals surface area contributed by atoms with E-state index in [1.165, 1.54) is 6.42 Å². The second-order valence-corrected chi connectivity index (χ2v) is 6.87. The molecule has 2 fully saturated rings. The molecule has 5 nitrogen and oxygen atoms in total. The summed E-state index contributed by atoms with van der Waals surface area (Å²) in [5, 5.41) is 3.10. The van der Waals surface area contributed by atoms with Crippen molar-refractivity contribution in [3.63, 3.8) is 0 Å². The maximum atomic E-state index is 12.2. The van der Waals surface area contributed by atoms with Crippen molar-refractivity contribution in [2.45, 2.75) is 39.2 Å². The molecule has 2 amide bonds. The number of hydrogen-bond acceptors (Lipinski definition) is 3. The van der Waals surface area contributed by atoms with E-state index >= 15 is 0 Å². The molecule has 0 aromatic heterocycles. The van der Waals surface area contributed by atoms with E-state index in [1.54, 1.807) is 0 Å². The SMILES string of the molecule is CC(C)N1CC[C@H](CNC(=O)N(C)CC2CCOCC2)C1. The van der Waals surface area contributed by atoms with Crippen molar-refractivity contribution < 1.29 is 9.53 Å². The molecule has 2 rings (SSSR count). The van der Waals surface area contributed by atoms with Crippen LogP contribution in [0.25, 0.3) is 0 Å². The number of urea groups is 1. The summed E-state index contributed by atoms with van der Waals surface area (Å²) in [6.45, 7) is 10.1. The van der Waals surface area contributed by atoms with Gasteiger partial charge in [0.25, 0.3) is 0 Å². The third kappa shape index (κ3) is 5.15. The third-order valence-corrected chi connectivity index (χ3v) is 4.81. The molecule has 2 saturated heterocycles. The quantitative estimate of drug-likeness (QED) is 0.841. The van der Waals surface area contributed by atoms with Crippen LogP contribution in [-0.2, 0) is 4.74 Å². The molecule has 2 aliphatic rings. The molecule has 0 aromatic rings. The lowest BCUT2D eigenvalue weighted by Crippen LogP contribution is -2.42. The van der Waals surface area contributed by atoms with Crippen molar-refractivity contribution in [2.24, 2.45) is 11.8 Å². The zero-order valence-corrected chi connectivity index (χ0v) is 13.8. The standard InChI is InChI=1S/C16H31N3O2/c1-13(2)19-7-4-15(12-19)10-17-16(20)18(3)11-14-5-8-21-9-6-14/h13-15H,4-12H2,1-3H3,(H,17,20)/t15-/m1/s1. The van der Waals surface area contributed by atoms with Gasteiger partial charge in [0.15, 0.2) is 0 Å². The summed E-state index contributed by atoms with van der Waals surface area (Å²) < 4.78 is 5.36. The number of carbonyl (C=O) groups excluding carboxylic acids is 1. The fraction of sp³-hybridized carbons (Fsp3) is 0.938. The van der Waals surface area contributed by atoms with Gasteiger partial charge in [0, 0.05) is 45.9 Å². The topological polar surface area (TPSA) is 44.8 Å². The normalized spacial score (nSPS) is 24.5. The highest BCUT2D eigenvalue weighted by Crippen LogP contribution is 2.18. The van der Waals surface area contributed by atoms with E-state index in [1.807, 2.05) is 11.9 Å². The average molecular weight is 297 g/mol. The summed E-state index contributed by atoms with van der Waals surface area (Å²) in [5.74, 6) is 1.20. The van der Waals surface area contributed by atoms with Crippen LogP contribution in [0.4, 0.5) is 4.79 Å². The van der Waals surface area contributed by atoms with E-state index in [2.05, 4.69) is 24.1 Å². The minimum atomic E-state index is 0.0736. The molecule has 0 aliphatic carbocycles. The molecule has 1 atom stereocenters. The van der Waals surface area contributed by atoms with Gasteiger partial charge in [-0.25, -0.2) is 4.79 Å². The van der Waals surface area contributed by atoms with Gasteiger partial charge in [-0.1, -0.05) is 0 Å². The van der Waals surface area contributed by atoms with Crippen molar-refractivity contribution in [1.29, 1.82) is 0 Å². The number of likely N-dealkylation sites (tertiary alicyclic amines) is 1. The fourth-order valence-electron chi connectivity index (χ4n) is 3.26. The Morgan fingerprint density at radius 2 is 2.00 bits per heavy atom. The first-order valence-corrected chi connectivity index (χ1v) is 8.37. The molecule has 122 valence electrons. The molecule has 0 unspecified atom stereocenters. The minimum absolute atomic E-state index is 0.0736. The largest absolute Gasteiger partial charge is 0.381 e. The summed E-state index contributed by atoms with van der Waals surface area (Å²) in [4.78, 5) is 16.5. The third-order valence-electron chi connectivity index (χ3n) is 4.81. The van der Waals surface area contributed by atoms with Crippen LogP contribution in [0.15, 0.2) is 0 Å². The van der Waals surface area contributed by atoms with Crippen LogP contribution >= 0.6 is 0 Å². The van der Waals surface area contributed by atoms with E-state index < -0.39 is 0 Å². The number of nitrogens with one attached hydrogen (secondary N) is 1.